The Hall–Kier alpha value is -1.22. The maximum absolute atomic E-state index is 10.6. The molecule has 0 aliphatic carbocycles. The molecule has 0 aromatic heterocycles. The summed E-state index contributed by atoms with van der Waals surface area (Å²) in [6.07, 6.45) is 0. The molecule has 0 N–H and O–H groups in total. The molecule has 0 heterocycles. The second-order valence-electron chi connectivity index (χ2n) is 1.84. The SMILES string of the molecule is COC(=O)[C@H](C)CN=[N+]=[N-]. The number of nitrogens with zero attached hydrogens (tertiary/aromatic N) is 3. The standard InChI is InChI=1S/C5H9N3O2/c1-4(3-7-8-6)5(9)10-2/h4H,3H2,1-2H3/t4-/m1/s1. The van der Waals surface area contributed by atoms with Crippen molar-refractivity contribution in [2.45, 2.75) is 6.92 Å². The highest BCUT2D eigenvalue weighted by Crippen LogP contribution is 1.97. The third-order valence-electron chi connectivity index (χ3n) is 1.02. The van der Waals surface area contributed by atoms with Gasteiger partial charge in [0, 0.05) is 11.5 Å². The Kier molecular flexibility index (Phi) is 4.07. The second kappa shape index (κ2) is 4.64. The van der Waals surface area contributed by atoms with Gasteiger partial charge in [-0.2, -0.15) is 0 Å². The molecule has 1 atom stereocenters. The van der Waals surface area contributed by atoms with E-state index in [1.165, 1.54) is 7.11 Å². The second-order valence-corrected chi connectivity index (χ2v) is 1.84. The van der Waals surface area contributed by atoms with Gasteiger partial charge in [-0.15, -0.1) is 0 Å². The number of hydrogen-bond donors (Lipinski definition) is 0. The number of rotatable bonds is 3. The molecule has 0 rings (SSSR count). The highest BCUT2D eigenvalue weighted by molar-refractivity contribution is 5.72. The van der Waals surface area contributed by atoms with Gasteiger partial charge in [0.1, 0.15) is 0 Å². The lowest BCUT2D eigenvalue weighted by atomic mass is 10.2. The molecule has 0 radical (unpaired) electrons. The van der Waals surface area contributed by atoms with Gasteiger partial charge in [0.2, 0.25) is 0 Å². The lowest BCUT2D eigenvalue weighted by molar-refractivity contribution is -0.144. The molecule has 0 aromatic rings. The van der Waals surface area contributed by atoms with E-state index in [2.05, 4.69) is 14.8 Å². The summed E-state index contributed by atoms with van der Waals surface area (Å²) in [5.74, 6) is -0.701. The number of carbonyl (C=O) groups excluding carboxylic acids is 1. The molecule has 0 amide bonds. The van der Waals surface area contributed by atoms with Crippen LogP contribution < -0.4 is 0 Å². The van der Waals surface area contributed by atoms with Crippen molar-refractivity contribution in [3.63, 3.8) is 0 Å². The van der Waals surface area contributed by atoms with Gasteiger partial charge >= 0.3 is 5.97 Å². The summed E-state index contributed by atoms with van der Waals surface area (Å²) in [5.41, 5.74) is 7.88. The minimum atomic E-state index is -0.354. The van der Waals surface area contributed by atoms with Gasteiger partial charge in [-0.05, 0) is 5.53 Å². The molecule has 0 aromatic carbocycles. The third-order valence-corrected chi connectivity index (χ3v) is 1.02. The van der Waals surface area contributed by atoms with Crippen LogP contribution in [-0.4, -0.2) is 19.6 Å². The van der Waals surface area contributed by atoms with Crippen LogP contribution in [-0.2, 0) is 9.53 Å². The van der Waals surface area contributed by atoms with E-state index in [1.807, 2.05) is 0 Å². The van der Waals surface area contributed by atoms with Gasteiger partial charge < -0.3 is 4.74 Å². The number of methoxy groups -OCH3 is 1. The van der Waals surface area contributed by atoms with Crippen LogP contribution in [0.5, 0.6) is 0 Å². The molecule has 56 valence electrons. The van der Waals surface area contributed by atoms with Gasteiger partial charge in [-0.25, -0.2) is 0 Å². The van der Waals surface area contributed by atoms with Crippen molar-refractivity contribution in [3.05, 3.63) is 10.4 Å². The highest BCUT2D eigenvalue weighted by Gasteiger charge is 2.10. The highest BCUT2D eigenvalue weighted by atomic mass is 16.5. The van der Waals surface area contributed by atoms with Crippen molar-refractivity contribution >= 4 is 5.97 Å². The Balaban J connectivity index is 3.72. The van der Waals surface area contributed by atoms with Crippen LogP contribution in [0.25, 0.3) is 10.4 Å². The van der Waals surface area contributed by atoms with E-state index < -0.39 is 0 Å². The molecule has 0 aliphatic heterocycles. The monoisotopic (exact) mass is 143 g/mol. The lowest BCUT2D eigenvalue weighted by Crippen LogP contribution is -2.14. The first kappa shape index (κ1) is 8.78. The Morgan fingerprint density at radius 1 is 1.90 bits per heavy atom. The van der Waals surface area contributed by atoms with Crippen molar-refractivity contribution in [2.24, 2.45) is 11.0 Å². The Morgan fingerprint density at radius 3 is 2.90 bits per heavy atom. The minimum Gasteiger partial charge on any atom is -0.469 e. The molecule has 0 saturated heterocycles. The van der Waals surface area contributed by atoms with Gasteiger partial charge in [0.25, 0.3) is 0 Å². The van der Waals surface area contributed by atoms with E-state index in [0.717, 1.165) is 0 Å². The van der Waals surface area contributed by atoms with Crippen LogP contribution >= 0.6 is 0 Å². The maximum Gasteiger partial charge on any atom is 0.308 e. The molecule has 0 aliphatic rings. The lowest BCUT2D eigenvalue weighted by Gasteiger charge is -2.02. The fourth-order valence-corrected chi connectivity index (χ4v) is 0.435. The molecule has 10 heavy (non-hydrogen) atoms. The topological polar surface area (TPSA) is 75.1 Å². The zero-order valence-corrected chi connectivity index (χ0v) is 5.94. The predicted octanol–water partition coefficient (Wildman–Crippen LogP) is 1.11. The molecule has 0 fully saturated rings. The van der Waals surface area contributed by atoms with E-state index in [1.54, 1.807) is 6.92 Å². The normalized spacial score (nSPS) is 11.4. The summed E-state index contributed by atoms with van der Waals surface area (Å²) < 4.78 is 4.39. The summed E-state index contributed by atoms with van der Waals surface area (Å²) in [6, 6.07) is 0. The Bertz CT molecular complexity index is 162. The van der Waals surface area contributed by atoms with Gasteiger partial charge in [-0.1, -0.05) is 12.0 Å². The summed E-state index contributed by atoms with van der Waals surface area (Å²) in [7, 11) is 1.30. The molecule has 0 saturated carbocycles. The molecule has 0 spiro atoms. The molecule has 0 bridgehead atoms. The summed E-state index contributed by atoms with van der Waals surface area (Å²) >= 11 is 0. The molecular weight excluding hydrogens is 134 g/mol. The molecule has 0 unspecified atom stereocenters. The van der Waals surface area contributed by atoms with Crippen molar-refractivity contribution in [1.29, 1.82) is 0 Å². The van der Waals surface area contributed by atoms with E-state index >= 15 is 0 Å². The minimum absolute atomic E-state index is 0.156. The first-order chi connectivity index (χ1) is 4.72. The van der Waals surface area contributed by atoms with E-state index in [9.17, 15) is 4.79 Å². The van der Waals surface area contributed by atoms with Crippen molar-refractivity contribution in [2.75, 3.05) is 13.7 Å². The smallest absolute Gasteiger partial charge is 0.308 e. The largest absolute Gasteiger partial charge is 0.469 e. The van der Waals surface area contributed by atoms with E-state index in [0.29, 0.717) is 0 Å². The number of esters is 1. The van der Waals surface area contributed by atoms with Crippen LogP contribution in [0.2, 0.25) is 0 Å². The van der Waals surface area contributed by atoms with Crippen molar-refractivity contribution in [1.82, 2.24) is 0 Å². The van der Waals surface area contributed by atoms with Crippen molar-refractivity contribution in [3.8, 4) is 0 Å². The van der Waals surface area contributed by atoms with Crippen molar-refractivity contribution < 1.29 is 9.53 Å². The fourth-order valence-electron chi connectivity index (χ4n) is 0.435. The number of azide groups is 1. The van der Waals surface area contributed by atoms with E-state index in [-0.39, 0.29) is 18.4 Å². The van der Waals surface area contributed by atoms with Gasteiger partial charge in [-0.3, -0.25) is 4.79 Å². The zero-order chi connectivity index (χ0) is 7.98. The van der Waals surface area contributed by atoms with Gasteiger partial charge in [0.05, 0.1) is 13.0 Å². The van der Waals surface area contributed by atoms with Crippen LogP contribution in [0.4, 0.5) is 0 Å². The molecule has 5 heteroatoms. The van der Waals surface area contributed by atoms with Crippen LogP contribution in [0.15, 0.2) is 5.11 Å². The zero-order valence-electron chi connectivity index (χ0n) is 5.94. The van der Waals surface area contributed by atoms with Crippen LogP contribution in [0.1, 0.15) is 6.92 Å². The predicted molar refractivity (Wildman–Crippen MR) is 35.2 cm³/mol. The average Bonchev–Trinajstić information content (AvgIpc) is 1.98. The van der Waals surface area contributed by atoms with Crippen LogP contribution in [0.3, 0.4) is 0 Å². The Labute approximate surface area is 58.6 Å². The summed E-state index contributed by atoms with van der Waals surface area (Å²) in [6.45, 7) is 1.80. The Morgan fingerprint density at radius 2 is 2.50 bits per heavy atom. The number of carbonyl (C=O) groups is 1. The fraction of sp³-hybridized carbons (Fsp3) is 0.800. The quantitative estimate of drug-likeness (QED) is 0.257. The first-order valence-corrected chi connectivity index (χ1v) is 2.81. The summed E-state index contributed by atoms with van der Waals surface area (Å²) in [4.78, 5) is 13.1. The summed E-state index contributed by atoms with van der Waals surface area (Å²) in [5, 5.41) is 3.22. The molecule has 5 nitrogen and oxygen atoms in total. The van der Waals surface area contributed by atoms with E-state index in [4.69, 9.17) is 5.53 Å². The van der Waals surface area contributed by atoms with Crippen LogP contribution in [0, 0.1) is 5.92 Å². The number of ether oxygens (including phenoxy) is 1. The number of hydrogen-bond acceptors (Lipinski definition) is 3. The first-order valence-electron chi connectivity index (χ1n) is 2.81. The van der Waals surface area contributed by atoms with Gasteiger partial charge in [0.15, 0.2) is 0 Å². The molecular formula is C5H9N3O2. The maximum atomic E-state index is 10.6. The average molecular weight is 143 g/mol. The third kappa shape index (κ3) is 2.94.